The molecule has 1 amide bonds. The van der Waals surface area contributed by atoms with E-state index < -0.39 is 5.60 Å². The van der Waals surface area contributed by atoms with Crippen molar-refractivity contribution in [3.05, 3.63) is 35.4 Å². The van der Waals surface area contributed by atoms with Crippen molar-refractivity contribution in [2.45, 2.75) is 71.1 Å². The smallest absolute Gasteiger partial charge is 0.411 e. The Balaban J connectivity index is 0.000000221. The summed E-state index contributed by atoms with van der Waals surface area (Å²) in [7, 11) is 1.52. The Morgan fingerprint density at radius 1 is 1.24 bits per heavy atom. The van der Waals surface area contributed by atoms with E-state index in [0.29, 0.717) is 5.92 Å². The van der Waals surface area contributed by atoms with Gasteiger partial charge in [-0.3, -0.25) is 9.69 Å². The van der Waals surface area contributed by atoms with E-state index in [2.05, 4.69) is 0 Å². The summed E-state index contributed by atoms with van der Waals surface area (Å²) in [6, 6.07) is 7.44. The number of nitrogens with zero attached hydrogens (tertiary/aromatic N) is 1. The number of methoxy groups -OCH3 is 1. The Bertz CT molecular complexity index is 724. The fourth-order valence-corrected chi connectivity index (χ4v) is 4.07. The summed E-state index contributed by atoms with van der Waals surface area (Å²) >= 11 is 0. The molecule has 1 aromatic rings. The van der Waals surface area contributed by atoms with Crippen LogP contribution in [0.2, 0.25) is 0 Å². The van der Waals surface area contributed by atoms with Crippen LogP contribution in [0.4, 0.5) is 4.79 Å². The molecule has 6 nitrogen and oxygen atoms in total. The van der Waals surface area contributed by atoms with Crippen LogP contribution in [0.5, 0.6) is 0 Å². The van der Waals surface area contributed by atoms with Gasteiger partial charge in [-0.05, 0) is 58.9 Å². The van der Waals surface area contributed by atoms with Gasteiger partial charge >= 0.3 is 6.09 Å². The Kier molecular flexibility index (Phi) is 7.96. The zero-order chi connectivity index (χ0) is 21.6. The maximum atomic E-state index is 12.1. The summed E-state index contributed by atoms with van der Waals surface area (Å²) in [6.45, 7) is 7.67. The second kappa shape index (κ2) is 10.0. The number of likely N-dealkylation sites (tertiary alicyclic amines) is 1. The van der Waals surface area contributed by atoms with Gasteiger partial charge in [-0.25, -0.2) is 4.79 Å². The topological polar surface area (TPSA) is 72.9 Å². The van der Waals surface area contributed by atoms with E-state index in [0.717, 1.165) is 43.1 Å². The van der Waals surface area contributed by atoms with Crippen LogP contribution in [0.15, 0.2) is 24.3 Å². The van der Waals surface area contributed by atoms with Crippen LogP contribution >= 0.6 is 0 Å². The molecule has 2 unspecified atom stereocenters. The molecule has 3 rings (SSSR count). The van der Waals surface area contributed by atoms with Crippen molar-refractivity contribution in [2.24, 2.45) is 5.92 Å². The first-order valence-electron chi connectivity index (χ1n) is 10.2. The summed E-state index contributed by atoms with van der Waals surface area (Å²) in [5, 5.41) is 0. The Morgan fingerprint density at radius 3 is 2.55 bits per heavy atom. The third kappa shape index (κ3) is 6.39. The molecular weight excluding hydrogens is 370 g/mol. The van der Waals surface area contributed by atoms with Gasteiger partial charge in [-0.15, -0.1) is 0 Å². The maximum Gasteiger partial charge on any atom is 0.411 e. The summed E-state index contributed by atoms with van der Waals surface area (Å²) < 4.78 is 10.1. The standard InChI is InChI=1S/C13H21NO3.C10H12O2/c1-13(2,3)17-12(16)14-10(8-15)7-9-5-4-6-11(9)14;1-8-4-3-5-9(6-8)10(11)7-12-2/h8-11H,4-7H2,1-3H3;3-6H,7H2,1-2H3/t9?,10-,11?;/m0./s1. The van der Waals surface area contributed by atoms with Crippen molar-refractivity contribution in [1.29, 1.82) is 0 Å². The number of aldehydes is 1. The minimum atomic E-state index is -0.499. The molecule has 0 N–H and O–H groups in total. The number of hydrogen-bond acceptors (Lipinski definition) is 5. The fraction of sp³-hybridized carbons (Fsp3) is 0.609. The molecule has 0 spiro atoms. The third-order valence-electron chi connectivity index (χ3n) is 5.25. The molecule has 0 aromatic heterocycles. The van der Waals surface area contributed by atoms with Gasteiger partial charge in [0.05, 0.1) is 6.04 Å². The Morgan fingerprint density at radius 2 is 1.97 bits per heavy atom. The van der Waals surface area contributed by atoms with E-state index in [1.807, 2.05) is 45.9 Å². The predicted octanol–water partition coefficient (Wildman–Crippen LogP) is 4.19. The van der Waals surface area contributed by atoms with Crippen LogP contribution in [-0.2, 0) is 14.3 Å². The lowest BCUT2D eigenvalue weighted by Crippen LogP contribution is -2.44. The Hall–Kier alpha value is -2.21. The zero-order valence-electron chi connectivity index (χ0n) is 18.1. The van der Waals surface area contributed by atoms with Gasteiger partial charge in [0, 0.05) is 18.7 Å². The molecule has 29 heavy (non-hydrogen) atoms. The number of ether oxygens (including phenoxy) is 2. The van der Waals surface area contributed by atoms with Gasteiger partial charge in [0.15, 0.2) is 5.78 Å². The molecular formula is C23H33NO5. The first kappa shape index (κ1) is 23.1. The quantitative estimate of drug-likeness (QED) is 0.557. The van der Waals surface area contributed by atoms with Crippen molar-refractivity contribution < 1.29 is 23.9 Å². The number of amides is 1. The lowest BCUT2D eigenvalue weighted by Gasteiger charge is -2.30. The largest absolute Gasteiger partial charge is 0.444 e. The summed E-state index contributed by atoms with van der Waals surface area (Å²) in [5.41, 5.74) is 1.31. The van der Waals surface area contributed by atoms with Crippen LogP contribution in [0, 0.1) is 12.8 Å². The van der Waals surface area contributed by atoms with E-state index in [9.17, 15) is 14.4 Å². The van der Waals surface area contributed by atoms with Crippen molar-refractivity contribution in [1.82, 2.24) is 4.90 Å². The van der Waals surface area contributed by atoms with E-state index in [1.54, 1.807) is 11.0 Å². The second-order valence-electron chi connectivity index (χ2n) is 8.81. The highest BCUT2D eigenvalue weighted by Gasteiger charge is 2.47. The molecule has 1 aliphatic heterocycles. The average Bonchev–Trinajstić information content (AvgIpc) is 3.21. The molecule has 1 saturated heterocycles. The molecule has 0 radical (unpaired) electrons. The number of aryl methyl sites for hydroxylation is 1. The first-order valence-corrected chi connectivity index (χ1v) is 10.2. The lowest BCUT2D eigenvalue weighted by atomic mass is 10.0. The number of rotatable bonds is 4. The van der Waals surface area contributed by atoms with Crippen molar-refractivity contribution in [3.8, 4) is 0 Å². The van der Waals surface area contributed by atoms with E-state index in [-0.39, 0.29) is 30.6 Å². The number of ketones is 1. The highest BCUT2D eigenvalue weighted by Crippen LogP contribution is 2.41. The van der Waals surface area contributed by atoms with Crippen molar-refractivity contribution in [3.63, 3.8) is 0 Å². The lowest BCUT2D eigenvalue weighted by molar-refractivity contribution is -0.112. The second-order valence-corrected chi connectivity index (χ2v) is 8.81. The first-order chi connectivity index (χ1) is 13.7. The fourth-order valence-electron chi connectivity index (χ4n) is 4.07. The number of Topliss-reactive ketones (excluding diaryl/α,β-unsaturated/α-hetero) is 1. The van der Waals surface area contributed by atoms with Gasteiger partial charge in [0.2, 0.25) is 0 Å². The van der Waals surface area contributed by atoms with Gasteiger partial charge < -0.3 is 14.3 Å². The minimum Gasteiger partial charge on any atom is -0.444 e. The molecule has 2 aliphatic rings. The van der Waals surface area contributed by atoms with E-state index in [4.69, 9.17) is 9.47 Å². The molecule has 3 atom stereocenters. The van der Waals surface area contributed by atoms with E-state index in [1.165, 1.54) is 7.11 Å². The van der Waals surface area contributed by atoms with Crippen LogP contribution in [-0.4, -0.2) is 54.5 Å². The van der Waals surface area contributed by atoms with Crippen LogP contribution in [0.3, 0.4) is 0 Å². The summed E-state index contributed by atoms with van der Waals surface area (Å²) in [5.74, 6) is 0.527. The van der Waals surface area contributed by atoms with Crippen molar-refractivity contribution >= 4 is 18.2 Å². The average molecular weight is 404 g/mol. The molecule has 6 heteroatoms. The SMILES string of the molecule is CC(C)(C)OC(=O)N1C2CCCC2C[C@H]1C=O.COCC(=O)c1cccc(C)c1. The summed E-state index contributed by atoms with van der Waals surface area (Å²) in [4.78, 5) is 36.1. The monoisotopic (exact) mass is 403 g/mol. The number of benzene rings is 1. The number of carbonyl (C=O) groups excluding carboxylic acids is 3. The highest BCUT2D eigenvalue weighted by atomic mass is 16.6. The highest BCUT2D eigenvalue weighted by molar-refractivity contribution is 5.97. The van der Waals surface area contributed by atoms with Gasteiger partial charge in [0.25, 0.3) is 0 Å². The van der Waals surface area contributed by atoms with Crippen LogP contribution in [0.25, 0.3) is 0 Å². The molecule has 1 saturated carbocycles. The maximum absolute atomic E-state index is 12.1. The molecule has 160 valence electrons. The van der Waals surface area contributed by atoms with Crippen LogP contribution < -0.4 is 0 Å². The van der Waals surface area contributed by atoms with E-state index >= 15 is 0 Å². The number of fused-ring (bicyclic) bond motifs is 1. The summed E-state index contributed by atoms with van der Waals surface area (Å²) in [6.07, 6.45) is 4.67. The molecule has 1 heterocycles. The van der Waals surface area contributed by atoms with Crippen LogP contribution in [0.1, 0.15) is 62.4 Å². The number of hydrogen-bond donors (Lipinski definition) is 0. The number of carbonyl (C=O) groups is 3. The predicted molar refractivity (Wildman–Crippen MR) is 111 cm³/mol. The van der Waals surface area contributed by atoms with Gasteiger partial charge in [-0.1, -0.05) is 30.2 Å². The van der Waals surface area contributed by atoms with Gasteiger partial charge in [-0.2, -0.15) is 0 Å². The molecule has 1 aliphatic carbocycles. The van der Waals surface area contributed by atoms with Crippen molar-refractivity contribution in [2.75, 3.05) is 13.7 Å². The Labute approximate surface area is 173 Å². The third-order valence-corrected chi connectivity index (χ3v) is 5.25. The normalized spacial score (nSPS) is 23.1. The molecule has 2 fully saturated rings. The molecule has 0 bridgehead atoms. The minimum absolute atomic E-state index is 0.0289. The molecule has 1 aromatic carbocycles. The van der Waals surface area contributed by atoms with Gasteiger partial charge in [0.1, 0.15) is 18.5 Å². The zero-order valence-corrected chi connectivity index (χ0v) is 18.1.